The maximum Gasteiger partial charge on any atom is 0.328 e. The number of aliphatic hydroxyl groups excluding tert-OH is 2. The number of urea groups is 1. The van der Waals surface area contributed by atoms with Gasteiger partial charge in [0.05, 0.1) is 0 Å². The van der Waals surface area contributed by atoms with Crippen molar-refractivity contribution in [3.05, 3.63) is 12.3 Å². The molecule has 0 aromatic carbocycles. The lowest BCUT2D eigenvalue weighted by atomic mass is 10.4. The Labute approximate surface area is 64.1 Å². The van der Waals surface area contributed by atoms with E-state index in [2.05, 4.69) is 0 Å². The Morgan fingerprint density at radius 2 is 2.18 bits per heavy atom. The van der Waals surface area contributed by atoms with Crippen LogP contribution in [0.15, 0.2) is 12.3 Å². The number of carbonyl (C=O) groups is 1. The van der Waals surface area contributed by atoms with Crippen LogP contribution in [-0.4, -0.2) is 46.1 Å². The standard InChI is InChI=1S/C6H10N2O3/c9-4-7-2-1-3-8(5-10)6(7)11/h1-2,9-10H,3-5H2. The highest BCUT2D eigenvalue weighted by molar-refractivity contribution is 5.76. The first-order chi connectivity index (χ1) is 5.29. The lowest BCUT2D eigenvalue weighted by Gasteiger charge is -2.28. The zero-order valence-corrected chi connectivity index (χ0v) is 5.97. The SMILES string of the molecule is O=C1N(CO)C=CCN1CO. The molecule has 0 aliphatic carbocycles. The van der Waals surface area contributed by atoms with Gasteiger partial charge in [-0.15, -0.1) is 0 Å². The number of amides is 2. The molecule has 5 nitrogen and oxygen atoms in total. The normalized spacial score (nSPS) is 17.8. The first-order valence-electron chi connectivity index (χ1n) is 3.23. The molecular formula is C6H10N2O3. The summed E-state index contributed by atoms with van der Waals surface area (Å²) in [6.07, 6.45) is 3.18. The third kappa shape index (κ3) is 1.50. The third-order valence-corrected chi connectivity index (χ3v) is 1.45. The Bertz CT molecular complexity index is 181. The van der Waals surface area contributed by atoms with Crippen LogP contribution in [0.5, 0.6) is 0 Å². The second-order valence-corrected chi connectivity index (χ2v) is 2.14. The van der Waals surface area contributed by atoms with E-state index in [1.807, 2.05) is 0 Å². The van der Waals surface area contributed by atoms with Gasteiger partial charge in [0.15, 0.2) is 0 Å². The van der Waals surface area contributed by atoms with Gasteiger partial charge in [0, 0.05) is 12.7 Å². The van der Waals surface area contributed by atoms with Crippen molar-refractivity contribution in [1.82, 2.24) is 9.80 Å². The smallest absolute Gasteiger partial charge is 0.328 e. The van der Waals surface area contributed by atoms with Gasteiger partial charge in [-0.1, -0.05) is 0 Å². The van der Waals surface area contributed by atoms with Crippen LogP contribution in [0, 0.1) is 0 Å². The summed E-state index contributed by atoms with van der Waals surface area (Å²) in [4.78, 5) is 13.4. The Hall–Kier alpha value is -1.07. The summed E-state index contributed by atoms with van der Waals surface area (Å²) in [5, 5.41) is 17.3. The van der Waals surface area contributed by atoms with Gasteiger partial charge in [-0.05, 0) is 6.08 Å². The number of hydrogen-bond acceptors (Lipinski definition) is 3. The molecule has 5 heteroatoms. The molecule has 0 unspecified atom stereocenters. The molecule has 1 aliphatic rings. The number of hydrogen-bond donors (Lipinski definition) is 2. The maximum atomic E-state index is 11.1. The van der Waals surface area contributed by atoms with Crippen LogP contribution in [0.3, 0.4) is 0 Å². The minimum Gasteiger partial charge on any atom is -0.376 e. The summed E-state index contributed by atoms with van der Waals surface area (Å²) < 4.78 is 0. The summed E-state index contributed by atoms with van der Waals surface area (Å²) in [6.45, 7) is -0.280. The van der Waals surface area contributed by atoms with Crippen LogP contribution in [0.4, 0.5) is 4.79 Å². The number of rotatable bonds is 2. The molecular weight excluding hydrogens is 148 g/mol. The van der Waals surface area contributed by atoms with Crippen LogP contribution in [-0.2, 0) is 0 Å². The summed E-state index contributed by atoms with van der Waals surface area (Å²) in [5.74, 6) is 0. The Balaban J connectivity index is 2.65. The average Bonchev–Trinajstić information content (AvgIpc) is 2.05. The highest BCUT2D eigenvalue weighted by Gasteiger charge is 2.19. The Morgan fingerprint density at radius 1 is 1.45 bits per heavy atom. The van der Waals surface area contributed by atoms with Gasteiger partial charge in [-0.2, -0.15) is 0 Å². The predicted molar refractivity (Wildman–Crippen MR) is 37.3 cm³/mol. The third-order valence-electron chi connectivity index (χ3n) is 1.45. The van der Waals surface area contributed by atoms with Gasteiger partial charge in [0.1, 0.15) is 13.5 Å². The quantitative estimate of drug-likeness (QED) is 0.549. The molecule has 2 N–H and O–H groups in total. The molecule has 0 saturated heterocycles. The summed E-state index contributed by atoms with van der Waals surface area (Å²) in [6, 6.07) is -0.377. The number of nitrogens with zero attached hydrogens (tertiary/aromatic N) is 2. The van der Waals surface area contributed by atoms with Crippen LogP contribution < -0.4 is 0 Å². The predicted octanol–water partition coefficient (Wildman–Crippen LogP) is -0.863. The van der Waals surface area contributed by atoms with Gasteiger partial charge in [-0.25, -0.2) is 4.79 Å². The topological polar surface area (TPSA) is 64.0 Å². The molecule has 1 rings (SSSR count). The highest BCUT2D eigenvalue weighted by Crippen LogP contribution is 2.04. The van der Waals surface area contributed by atoms with Crippen LogP contribution in [0.1, 0.15) is 0 Å². The fourth-order valence-corrected chi connectivity index (χ4v) is 0.851. The Kier molecular flexibility index (Phi) is 2.45. The number of carbonyl (C=O) groups excluding carboxylic acids is 1. The first-order valence-corrected chi connectivity index (χ1v) is 3.23. The molecule has 0 saturated carbocycles. The van der Waals surface area contributed by atoms with Gasteiger partial charge < -0.3 is 10.2 Å². The maximum absolute atomic E-state index is 11.1. The molecule has 0 fully saturated rings. The van der Waals surface area contributed by atoms with Crippen molar-refractivity contribution in [3.8, 4) is 0 Å². The van der Waals surface area contributed by atoms with Crippen molar-refractivity contribution >= 4 is 6.03 Å². The lowest BCUT2D eigenvalue weighted by molar-refractivity contribution is 0.0831. The summed E-state index contributed by atoms with van der Waals surface area (Å²) >= 11 is 0. The molecule has 0 spiro atoms. The first kappa shape index (κ1) is 8.03. The summed E-state index contributed by atoms with van der Waals surface area (Å²) in [5.41, 5.74) is 0. The van der Waals surface area contributed by atoms with E-state index in [1.165, 1.54) is 11.1 Å². The molecule has 11 heavy (non-hydrogen) atoms. The molecule has 0 radical (unpaired) electrons. The van der Waals surface area contributed by atoms with E-state index in [0.717, 1.165) is 4.90 Å². The van der Waals surface area contributed by atoms with E-state index in [4.69, 9.17) is 10.2 Å². The number of aliphatic hydroxyl groups is 2. The fourth-order valence-electron chi connectivity index (χ4n) is 0.851. The van der Waals surface area contributed by atoms with Gasteiger partial charge in [0.2, 0.25) is 0 Å². The van der Waals surface area contributed by atoms with Crippen molar-refractivity contribution in [2.75, 3.05) is 20.0 Å². The minimum atomic E-state index is -0.377. The van der Waals surface area contributed by atoms with Gasteiger partial charge >= 0.3 is 6.03 Å². The van der Waals surface area contributed by atoms with Crippen LogP contribution in [0.25, 0.3) is 0 Å². The van der Waals surface area contributed by atoms with Crippen molar-refractivity contribution in [1.29, 1.82) is 0 Å². The average molecular weight is 158 g/mol. The largest absolute Gasteiger partial charge is 0.376 e. The van der Waals surface area contributed by atoms with E-state index >= 15 is 0 Å². The second-order valence-electron chi connectivity index (χ2n) is 2.14. The molecule has 1 aliphatic heterocycles. The molecule has 0 bridgehead atoms. The molecule has 0 aromatic rings. The van der Waals surface area contributed by atoms with Crippen LogP contribution >= 0.6 is 0 Å². The van der Waals surface area contributed by atoms with Crippen LogP contribution in [0.2, 0.25) is 0 Å². The van der Waals surface area contributed by atoms with Gasteiger partial charge in [0.25, 0.3) is 0 Å². The summed E-state index contributed by atoms with van der Waals surface area (Å²) in [7, 11) is 0. The molecule has 0 atom stereocenters. The van der Waals surface area contributed by atoms with Crippen molar-refractivity contribution < 1.29 is 15.0 Å². The minimum absolute atomic E-state index is 0.320. The molecule has 2 amide bonds. The van der Waals surface area contributed by atoms with Crippen molar-refractivity contribution in [2.24, 2.45) is 0 Å². The zero-order chi connectivity index (χ0) is 8.27. The van der Waals surface area contributed by atoms with Crippen molar-refractivity contribution in [3.63, 3.8) is 0 Å². The van der Waals surface area contributed by atoms with E-state index in [0.29, 0.717) is 6.54 Å². The second kappa shape index (κ2) is 3.36. The zero-order valence-electron chi connectivity index (χ0n) is 5.97. The lowest BCUT2D eigenvalue weighted by Crippen LogP contribution is -2.44. The molecule has 1 heterocycles. The molecule has 0 aromatic heterocycles. The van der Waals surface area contributed by atoms with E-state index < -0.39 is 0 Å². The van der Waals surface area contributed by atoms with E-state index in [-0.39, 0.29) is 19.5 Å². The highest BCUT2D eigenvalue weighted by atomic mass is 16.3. The fraction of sp³-hybridized carbons (Fsp3) is 0.500. The van der Waals surface area contributed by atoms with E-state index in [1.54, 1.807) is 6.08 Å². The molecule has 62 valence electrons. The van der Waals surface area contributed by atoms with E-state index in [9.17, 15) is 4.79 Å². The van der Waals surface area contributed by atoms with Gasteiger partial charge in [-0.3, -0.25) is 9.80 Å². The Morgan fingerprint density at radius 3 is 2.73 bits per heavy atom. The monoisotopic (exact) mass is 158 g/mol. The van der Waals surface area contributed by atoms with Crippen molar-refractivity contribution in [2.45, 2.75) is 0 Å².